The van der Waals surface area contributed by atoms with Gasteiger partial charge >= 0.3 is 0 Å². The summed E-state index contributed by atoms with van der Waals surface area (Å²) in [6.07, 6.45) is 6.56. The lowest BCUT2D eigenvalue weighted by molar-refractivity contribution is 0.0197. The van der Waals surface area contributed by atoms with E-state index < -0.39 is 0 Å². The maximum Gasteiger partial charge on any atom is 0.254 e. The fourth-order valence-corrected chi connectivity index (χ4v) is 5.15. The van der Waals surface area contributed by atoms with E-state index in [0.29, 0.717) is 19.0 Å². The van der Waals surface area contributed by atoms with Crippen LogP contribution in [0.25, 0.3) is 0 Å². The summed E-state index contributed by atoms with van der Waals surface area (Å²) < 4.78 is 1.86. The fraction of sp³-hybridized carbons (Fsp3) is 0.346. The van der Waals surface area contributed by atoms with Crippen molar-refractivity contribution < 1.29 is 9.59 Å². The van der Waals surface area contributed by atoms with Gasteiger partial charge in [-0.05, 0) is 61.1 Å². The van der Waals surface area contributed by atoms with E-state index in [2.05, 4.69) is 10.00 Å². The second-order valence-electron chi connectivity index (χ2n) is 8.78. The number of fused-ring (bicyclic) bond motifs is 1. The Labute approximate surface area is 188 Å². The van der Waals surface area contributed by atoms with Gasteiger partial charge in [0, 0.05) is 49.2 Å². The summed E-state index contributed by atoms with van der Waals surface area (Å²) in [6.45, 7) is 2.85. The molecule has 0 spiro atoms. The minimum absolute atomic E-state index is 0.0961. The van der Waals surface area contributed by atoms with Crippen LogP contribution in [0, 0.1) is 5.92 Å². The number of aromatic nitrogens is 2. The third-order valence-corrected chi connectivity index (χ3v) is 6.71. The van der Waals surface area contributed by atoms with Crippen LogP contribution in [0.15, 0.2) is 73.1 Å². The highest BCUT2D eigenvalue weighted by molar-refractivity contribution is 5.95. The first-order valence-electron chi connectivity index (χ1n) is 11.4. The number of hydrogen-bond donors (Lipinski definition) is 0. The number of piperidine rings is 2. The van der Waals surface area contributed by atoms with Crippen LogP contribution in [0.1, 0.15) is 45.5 Å². The second kappa shape index (κ2) is 8.99. The molecule has 6 nitrogen and oxygen atoms in total. The predicted octanol–water partition coefficient (Wildman–Crippen LogP) is 3.70. The van der Waals surface area contributed by atoms with Crippen LogP contribution in [-0.4, -0.2) is 57.1 Å². The number of hydrogen-bond acceptors (Lipinski definition) is 3. The van der Waals surface area contributed by atoms with Crippen molar-refractivity contribution in [2.45, 2.75) is 31.8 Å². The van der Waals surface area contributed by atoms with Crippen LogP contribution in [-0.2, 0) is 6.54 Å². The van der Waals surface area contributed by atoms with Gasteiger partial charge in [0.1, 0.15) is 0 Å². The molecule has 5 rings (SSSR count). The van der Waals surface area contributed by atoms with Crippen molar-refractivity contribution in [1.82, 2.24) is 19.6 Å². The van der Waals surface area contributed by atoms with Gasteiger partial charge in [-0.25, -0.2) is 0 Å². The number of rotatable bonds is 4. The van der Waals surface area contributed by atoms with Crippen LogP contribution in [0.3, 0.4) is 0 Å². The Morgan fingerprint density at radius 2 is 1.75 bits per heavy atom. The molecule has 2 aromatic carbocycles. The van der Waals surface area contributed by atoms with E-state index in [-0.39, 0.29) is 17.9 Å². The number of carbonyl (C=O) groups excluding carboxylic acids is 2. The van der Waals surface area contributed by atoms with E-state index in [0.717, 1.165) is 49.0 Å². The number of carbonyl (C=O) groups is 2. The van der Waals surface area contributed by atoms with Crippen LogP contribution >= 0.6 is 0 Å². The molecule has 3 heterocycles. The maximum absolute atomic E-state index is 13.5. The molecule has 2 atom stereocenters. The van der Waals surface area contributed by atoms with Crippen molar-refractivity contribution in [2.24, 2.45) is 5.92 Å². The summed E-state index contributed by atoms with van der Waals surface area (Å²) in [5.41, 5.74) is 2.54. The first kappa shape index (κ1) is 20.5. The minimum atomic E-state index is 0.0961. The highest BCUT2D eigenvalue weighted by Crippen LogP contribution is 2.32. The summed E-state index contributed by atoms with van der Waals surface area (Å²) in [7, 11) is 0. The van der Waals surface area contributed by atoms with Crippen molar-refractivity contribution in [3.05, 3.63) is 89.7 Å². The van der Waals surface area contributed by atoms with Crippen LogP contribution < -0.4 is 0 Å². The van der Waals surface area contributed by atoms with Crippen molar-refractivity contribution in [3.8, 4) is 0 Å². The van der Waals surface area contributed by atoms with Crippen LogP contribution in [0.2, 0.25) is 0 Å². The highest BCUT2D eigenvalue weighted by Gasteiger charge is 2.39. The molecule has 2 aliphatic heterocycles. The molecule has 2 amide bonds. The molecule has 164 valence electrons. The Morgan fingerprint density at radius 3 is 2.56 bits per heavy atom. The molecular weight excluding hydrogens is 400 g/mol. The quantitative estimate of drug-likeness (QED) is 0.637. The lowest BCUT2D eigenvalue weighted by atomic mass is 9.83. The standard InChI is InChI=1S/C26H28N4O2/c31-25(21-8-2-1-3-9-21)28-16-12-24-23(19-28)11-5-15-30(24)26(32)22-10-4-7-20(17-22)18-29-14-6-13-27-29/h1-4,6-10,13-14,17,23-24H,5,11-12,15-16,18-19H2/t23-,24+/m1/s1. The summed E-state index contributed by atoms with van der Waals surface area (Å²) >= 11 is 0. The van der Waals surface area contributed by atoms with Crippen molar-refractivity contribution in [3.63, 3.8) is 0 Å². The molecule has 2 saturated heterocycles. The Balaban J connectivity index is 1.28. The van der Waals surface area contributed by atoms with E-state index in [4.69, 9.17) is 0 Å². The molecule has 2 aliphatic rings. The lowest BCUT2D eigenvalue weighted by Gasteiger charge is -2.47. The second-order valence-corrected chi connectivity index (χ2v) is 8.78. The Morgan fingerprint density at radius 1 is 0.906 bits per heavy atom. The van der Waals surface area contributed by atoms with Gasteiger partial charge in [0.2, 0.25) is 0 Å². The van der Waals surface area contributed by atoms with Gasteiger partial charge in [0.25, 0.3) is 11.8 Å². The first-order valence-corrected chi connectivity index (χ1v) is 11.4. The molecule has 3 aromatic rings. The average Bonchev–Trinajstić information content (AvgIpc) is 3.36. The summed E-state index contributed by atoms with van der Waals surface area (Å²) in [6, 6.07) is 19.5. The van der Waals surface area contributed by atoms with Crippen molar-refractivity contribution >= 4 is 11.8 Å². The summed E-state index contributed by atoms with van der Waals surface area (Å²) in [5.74, 6) is 0.532. The van der Waals surface area contributed by atoms with Gasteiger partial charge in [-0.15, -0.1) is 0 Å². The smallest absolute Gasteiger partial charge is 0.254 e. The van der Waals surface area contributed by atoms with Crippen LogP contribution in [0.5, 0.6) is 0 Å². The molecule has 6 heteroatoms. The zero-order chi connectivity index (χ0) is 21.9. The van der Waals surface area contributed by atoms with Crippen LogP contribution in [0.4, 0.5) is 0 Å². The number of amides is 2. The molecule has 0 unspecified atom stereocenters. The third kappa shape index (κ3) is 4.17. The van der Waals surface area contributed by atoms with E-state index in [1.165, 1.54) is 0 Å². The summed E-state index contributed by atoms with van der Waals surface area (Å²) in [5, 5.41) is 4.26. The Kier molecular flexibility index (Phi) is 5.75. The molecular formula is C26H28N4O2. The van der Waals surface area contributed by atoms with E-state index in [9.17, 15) is 9.59 Å². The molecule has 1 aromatic heterocycles. The largest absolute Gasteiger partial charge is 0.338 e. The first-order chi connectivity index (χ1) is 15.7. The van der Waals surface area contributed by atoms with Gasteiger partial charge < -0.3 is 9.80 Å². The third-order valence-electron chi connectivity index (χ3n) is 6.71. The van der Waals surface area contributed by atoms with E-state index in [1.54, 1.807) is 6.20 Å². The van der Waals surface area contributed by atoms with Gasteiger partial charge in [0.15, 0.2) is 0 Å². The molecule has 2 fully saturated rings. The average molecular weight is 429 g/mol. The number of nitrogens with zero attached hydrogens (tertiary/aromatic N) is 4. The van der Waals surface area contributed by atoms with E-state index in [1.807, 2.05) is 76.4 Å². The minimum Gasteiger partial charge on any atom is -0.338 e. The molecule has 0 bridgehead atoms. The molecule has 0 N–H and O–H groups in total. The fourth-order valence-electron chi connectivity index (χ4n) is 5.15. The molecule has 0 aliphatic carbocycles. The van der Waals surface area contributed by atoms with Gasteiger partial charge in [-0.2, -0.15) is 5.10 Å². The monoisotopic (exact) mass is 428 g/mol. The predicted molar refractivity (Wildman–Crippen MR) is 122 cm³/mol. The molecule has 0 saturated carbocycles. The molecule has 0 radical (unpaired) electrons. The number of likely N-dealkylation sites (tertiary alicyclic amines) is 2. The zero-order valence-corrected chi connectivity index (χ0v) is 18.1. The Hall–Kier alpha value is -3.41. The normalized spacial score (nSPS) is 20.6. The van der Waals surface area contributed by atoms with Crippen molar-refractivity contribution in [2.75, 3.05) is 19.6 Å². The lowest BCUT2D eigenvalue weighted by Crippen LogP contribution is -2.56. The highest BCUT2D eigenvalue weighted by atomic mass is 16.2. The number of benzene rings is 2. The van der Waals surface area contributed by atoms with Gasteiger partial charge in [-0.3, -0.25) is 14.3 Å². The molecule has 32 heavy (non-hydrogen) atoms. The topological polar surface area (TPSA) is 58.4 Å². The van der Waals surface area contributed by atoms with Gasteiger partial charge in [-0.1, -0.05) is 30.3 Å². The SMILES string of the molecule is O=C(c1ccccc1)N1CC[C@H]2[C@H](CCCN2C(=O)c2cccc(Cn3cccn3)c2)C1. The van der Waals surface area contributed by atoms with E-state index >= 15 is 0 Å². The summed E-state index contributed by atoms with van der Waals surface area (Å²) in [4.78, 5) is 30.4. The van der Waals surface area contributed by atoms with Crippen molar-refractivity contribution in [1.29, 1.82) is 0 Å². The zero-order valence-electron chi connectivity index (χ0n) is 18.1. The van der Waals surface area contributed by atoms with Gasteiger partial charge in [0.05, 0.1) is 6.54 Å². The maximum atomic E-state index is 13.5. The Bertz CT molecular complexity index is 1080.